The van der Waals surface area contributed by atoms with Crippen LogP contribution in [-0.2, 0) is 12.6 Å². The summed E-state index contributed by atoms with van der Waals surface area (Å²) >= 11 is 0. The van der Waals surface area contributed by atoms with Gasteiger partial charge >= 0.3 is 0 Å². The molecule has 1 aliphatic rings. The van der Waals surface area contributed by atoms with E-state index in [0.717, 1.165) is 31.4 Å². The lowest BCUT2D eigenvalue weighted by Gasteiger charge is -2.27. The maximum atomic E-state index is 10.6. The highest BCUT2D eigenvalue weighted by Crippen LogP contribution is 2.44. The highest BCUT2D eigenvalue weighted by Gasteiger charge is 2.42. The fourth-order valence-corrected chi connectivity index (χ4v) is 2.59. The Bertz CT molecular complexity index is 321. The predicted octanol–water partition coefficient (Wildman–Crippen LogP) is 1.82. The third-order valence-electron chi connectivity index (χ3n) is 3.44. The molecular weight excluding hydrogens is 176 g/mol. The van der Waals surface area contributed by atoms with Crippen molar-refractivity contribution in [2.45, 2.75) is 38.2 Å². The van der Waals surface area contributed by atoms with Gasteiger partial charge in [0.25, 0.3) is 0 Å². The summed E-state index contributed by atoms with van der Waals surface area (Å²) in [7, 11) is 1.89. The van der Waals surface area contributed by atoms with E-state index in [-0.39, 0.29) is 0 Å². The lowest BCUT2D eigenvalue weighted by molar-refractivity contribution is -0.00839. The number of hydrogen-bond acceptors (Lipinski definition) is 2. The van der Waals surface area contributed by atoms with Crippen molar-refractivity contribution in [2.24, 2.45) is 13.0 Å². The largest absolute Gasteiger partial charge is 0.383 e. The Balaban J connectivity index is 2.31. The van der Waals surface area contributed by atoms with Crippen LogP contribution in [0.15, 0.2) is 12.3 Å². The Kier molecular flexibility index (Phi) is 2.35. The Labute approximate surface area is 84.7 Å². The molecule has 0 aromatic carbocycles. The van der Waals surface area contributed by atoms with Gasteiger partial charge in [-0.25, -0.2) is 0 Å². The minimum absolute atomic E-state index is 0.386. The number of aryl methyl sites for hydroxylation is 1. The zero-order chi connectivity index (χ0) is 10.2. The summed E-state index contributed by atoms with van der Waals surface area (Å²) < 4.78 is 1.76. The summed E-state index contributed by atoms with van der Waals surface area (Å²) in [4.78, 5) is 0. The second-order valence-electron chi connectivity index (χ2n) is 4.30. The SMILES string of the molecule is CCC1CCCC1(O)c1ccn(C)n1. The van der Waals surface area contributed by atoms with Crippen molar-refractivity contribution in [2.75, 3.05) is 0 Å². The van der Waals surface area contributed by atoms with E-state index >= 15 is 0 Å². The summed E-state index contributed by atoms with van der Waals surface area (Å²) in [6.07, 6.45) is 6.04. The molecule has 0 bridgehead atoms. The average Bonchev–Trinajstić information content (AvgIpc) is 2.72. The molecule has 0 saturated heterocycles. The Hall–Kier alpha value is -0.830. The van der Waals surface area contributed by atoms with E-state index in [4.69, 9.17) is 0 Å². The average molecular weight is 194 g/mol. The molecule has 0 amide bonds. The van der Waals surface area contributed by atoms with Gasteiger partial charge < -0.3 is 5.11 Å². The van der Waals surface area contributed by atoms with E-state index in [1.807, 2.05) is 19.3 Å². The first-order chi connectivity index (χ1) is 6.66. The molecule has 1 aromatic rings. The number of aliphatic hydroxyl groups is 1. The summed E-state index contributed by atoms with van der Waals surface area (Å²) in [6, 6.07) is 1.94. The molecule has 2 unspecified atom stereocenters. The van der Waals surface area contributed by atoms with Gasteiger partial charge in [0.2, 0.25) is 0 Å². The molecule has 1 heterocycles. The molecule has 78 valence electrons. The van der Waals surface area contributed by atoms with Crippen LogP contribution in [0.4, 0.5) is 0 Å². The highest BCUT2D eigenvalue weighted by atomic mass is 16.3. The van der Waals surface area contributed by atoms with Crippen LogP contribution in [0.2, 0.25) is 0 Å². The molecule has 3 heteroatoms. The van der Waals surface area contributed by atoms with Crippen molar-refractivity contribution in [3.63, 3.8) is 0 Å². The van der Waals surface area contributed by atoms with Crippen LogP contribution in [0.25, 0.3) is 0 Å². The highest BCUT2D eigenvalue weighted by molar-refractivity contribution is 5.14. The molecule has 14 heavy (non-hydrogen) atoms. The van der Waals surface area contributed by atoms with E-state index in [1.165, 1.54) is 0 Å². The zero-order valence-electron chi connectivity index (χ0n) is 8.90. The Morgan fingerprint density at radius 2 is 2.50 bits per heavy atom. The summed E-state index contributed by atoms with van der Waals surface area (Å²) in [5, 5.41) is 14.9. The third kappa shape index (κ3) is 1.36. The first-order valence-corrected chi connectivity index (χ1v) is 5.39. The van der Waals surface area contributed by atoms with Crippen LogP contribution >= 0.6 is 0 Å². The van der Waals surface area contributed by atoms with E-state index in [9.17, 15) is 5.11 Å². The summed E-state index contributed by atoms with van der Waals surface area (Å²) in [5.41, 5.74) is 0.195. The van der Waals surface area contributed by atoms with Crippen LogP contribution in [0.3, 0.4) is 0 Å². The van der Waals surface area contributed by atoms with E-state index in [2.05, 4.69) is 12.0 Å². The topological polar surface area (TPSA) is 38.0 Å². The van der Waals surface area contributed by atoms with Gasteiger partial charge in [-0.1, -0.05) is 13.3 Å². The molecule has 1 aliphatic carbocycles. The molecule has 1 N–H and O–H groups in total. The van der Waals surface area contributed by atoms with E-state index < -0.39 is 5.60 Å². The molecule has 0 spiro atoms. The van der Waals surface area contributed by atoms with E-state index in [1.54, 1.807) is 4.68 Å². The molecule has 2 rings (SSSR count). The lowest BCUT2D eigenvalue weighted by atomic mass is 9.86. The van der Waals surface area contributed by atoms with Crippen molar-refractivity contribution in [1.29, 1.82) is 0 Å². The van der Waals surface area contributed by atoms with Crippen LogP contribution in [0.5, 0.6) is 0 Å². The van der Waals surface area contributed by atoms with Crippen LogP contribution in [0.1, 0.15) is 38.3 Å². The third-order valence-corrected chi connectivity index (χ3v) is 3.44. The molecule has 0 aliphatic heterocycles. The van der Waals surface area contributed by atoms with Gasteiger partial charge in [0.1, 0.15) is 5.60 Å². The fourth-order valence-electron chi connectivity index (χ4n) is 2.59. The standard InChI is InChI=1S/C11H18N2O/c1-3-9-5-4-7-11(9,14)10-6-8-13(2)12-10/h6,8-9,14H,3-5,7H2,1-2H3. The number of rotatable bonds is 2. The quantitative estimate of drug-likeness (QED) is 0.779. The molecule has 2 atom stereocenters. The first-order valence-electron chi connectivity index (χ1n) is 5.39. The van der Waals surface area contributed by atoms with Crippen molar-refractivity contribution in [3.8, 4) is 0 Å². The van der Waals surface area contributed by atoms with Crippen LogP contribution in [-0.4, -0.2) is 14.9 Å². The van der Waals surface area contributed by atoms with Crippen molar-refractivity contribution < 1.29 is 5.11 Å². The fraction of sp³-hybridized carbons (Fsp3) is 0.727. The van der Waals surface area contributed by atoms with Gasteiger partial charge in [0.15, 0.2) is 0 Å². The normalized spacial score (nSPS) is 32.4. The monoisotopic (exact) mass is 194 g/mol. The van der Waals surface area contributed by atoms with Crippen molar-refractivity contribution in [1.82, 2.24) is 9.78 Å². The Morgan fingerprint density at radius 1 is 1.71 bits per heavy atom. The maximum absolute atomic E-state index is 10.6. The van der Waals surface area contributed by atoms with Gasteiger partial charge in [-0.15, -0.1) is 0 Å². The molecule has 3 nitrogen and oxygen atoms in total. The number of nitrogens with zero attached hydrogens (tertiary/aromatic N) is 2. The smallest absolute Gasteiger partial charge is 0.111 e. The molecule has 1 saturated carbocycles. The number of aromatic nitrogens is 2. The molecule has 1 fully saturated rings. The minimum atomic E-state index is -0.657. The van der Waals surface area contributed by atoms with Gasteiger partial charge in [-0.05, 0) is 31.2 Å². The minimum Gasteiger partial charge on any atom is -0.383 e. The van der Waals surface area contributed by atoms with Gasteiger partial charge in [-0.3, -0.25) is 4.68 Å². The van der Waals surface area contributed by atoms with Gasteiger partial charge in [-0.2, -0.15) is 5.10 Å². The second kappa shape index (κ2) is 3.39. The molecule has 0 radical (unpaired) electrons. The summed E-state index contributed by atoms with van der Waals surface area (Å²) in [6.45, 7) is 2.14. The first kappa shape index (κ1) is 9.71. The second-order valence-corrected chi connectivity index (χ2v) is 4.30. The Morgan fingerprint density at radius 3 is 3.07 bits per heavy atom. The van der Waals surface area contributed by atoms with Gasteiger partial charge in [0, 0.05) is 13.2 Å². The maximum Gasteiger partial charge on any atom is 0.111 e. The summed E-state index contributed by atoms with van der Waals surface area (Å²) in [5.74, 6) is 0.386. The molecular formula is C11H18N2O. The van der Waals surface area contributed by atoms with Crippen LogP contribution in [0, 0.1) is 5.92 Å². The lowest BCUT2D eigenvalue weighted by Crippen LogP contribution is -2.30. The van der Waals surface area contributed by atoms with Crippen molar-refractivity contribution in [3.05, 3.63) is 18.0 Å². The van der Waals surface area contributed by atoms with Crippen LogP contribution < -0.4 is 0 Å². The van der Waals surface area contributed by atoms with Gasteiger partial charge in [0.05, 0.1) is 5.69 Å². The molecule has 1 aromatic heterocycles. The van der Waals surface area contributed by atoms with Crippen molar-refractivity contribution >= 4 is 0 Å². The predicted molar refractivity (Wildman–Crippen MR) is 54.7 cm³/mol. The van der Waals surface area contributed by atoms with E-state index in [0.29, 0.717) is 5.92 Å². The number of hydrogen-bond donors (Lipinski definition) is 1. The zero-order valence-corrected chi connectivity index (χ0v) is 8.90.